The summed E-state index contributed by atoms with van der Waals surface area (Å²) >= 11 is 0. The lowest BCUT2D eigenvalue weighted by Gasteiger charge is -2.12. The molecule has 0 bridgehead atoms. The fourth-order valence-corrected chi connectivity index (χ4v) is 2.24. The lowest BCUT2D eigenvalue weighted by atomic mass is 10.1. The summed E-state index contributed by atoms with van der Waals surface area (Å²) in [6.07, 6.45) is -1.35. The number of aromatic nitrogens is 3. The molecular formula is C16H9F4N3O. The van der Waals surface area contributed by atoms with E-state index in [1.807, 2.05) is 0 Å². The molecule has 3 rings (SSSR count). The lowest BCUT2D eigenvalue weighted by molar-refractivity contribution is -0.140. The summed E-state index contributed by atoms with van der Waals surface area (Å²) in [5, 5.41) is 3.96. The number of carbonyl (C=O) groups is 1. The highest BCUT2D eigenvalue weighted by atomic mass is 19.4. The third-order valence-electron chi connectivity index (χ3n) is 3.31. The fraction of sp³-hybridized carbons (Fsp3) is 0.0625. The van der Waals surface area contributed by atoms with E-state index in [0.29, 0.717) is 29.7 Å². The van der Waals surface area contributed by atoms with Crippen molar-refractivity contribution in [1.82, 2.24) is 14.8 Å². The second kappa shape index (κ2) is 5.88. The average Bonchev–Trinajstić information content (AvgIpc) is 2.99. The van der Waals surface area contributed by atoms with Crippen LogP contribution in [0.15, 0.2) is 48.8 Å². The number of nitrogens with zero attached hydrogens (tertiary/aromatic N) is 3. The summed E-state index contributed by atoms with van der Waals surface area (Å²) in [7, 11) is 0. The minimum absolute atomic E-state index is 0.0179. The van der Waals surface area contributed by atoms with Crippen molar-refractivity contribution in [2.75, 3.05) is 0 Å². The molecule has 0 amide bonds. The van der Waals surface area contributed by atoms with Crippen LogP contribution in [0.4, 0.5) is 17.6 Å². The van der Waals surface area contributed by atoms with Crippen molar-refractivity contribution in [3.05, 3.63) is 65.9 Å². The molecule has 0 aliphatic rings. The number of aldehydes is 1. The number of benzene rings is 1. The summed E-state index contributed by atoms with van der Waals surface area (Å²) in [6, 6.07) is 7.25. The molecule has 0 aliphatic carbocycles. The van der Waals surface area contributed by atoms with Crippen LogP contribution in [-0.4, -0.2) is 21.1 Å². The third kappa shape index (κ3) is 2.90. The van der Waals surface area contributed by atoms with Gasteiger partial charge in [-0.15, -0.1) is 0 Å². The van der Waals surface area contributed by atoms with E-state index >= 15 is 0 Å². The third-order valence-corrected chi connectivity index (χ3v) is 3.31. The number of pyridine rings is 1. The monoisotopic (exact) mass is 335 g/mol. The molecule has 0 unspecified atom stereocenters. The van der Waals surface area contributed by atoms with Gasteiger partial charge in [-0.05, 0) is 36.4 Å². The summed E-state index contributed by atoms with van der Waals surface area (Å²) in [5.74, 6) is -1.38. The van der Waals surface area contributed by atoms with E-state index in [1.165, 1.54) is 18.5 Å². The van der Waals surface area contributed by atoms with Gasteiger partial charge >= 0.3 is 6.18 Å². The second-order valence-corrected chi connectivity index (χ2v) is 4.89. The molecule has 0 atom stereocenters. The average molecular weight is 335 g/mol. The molecule has 3 aromatic rings. The Morgan fingerprint density at radius 3 is 2.54 bits per heavy atom. The molecule has 24 heavy (non-hydrogen) atoms. The predicted octanol–water partition coefficient (Wildman–Crippen LogP) is 3.90. The van der Waals surface area contributed by atoms with Crippen molar-refractivity contribution in [3.63, 3.8) is 0 Å². The van der Waals surface area contributed by atoms with Crippen molar-refractivity contribution in [1.29, 1.82) is 0 Å². The van der Waals surface area contributed by atoms with Crippen LogP contribution in [0.3, 0.4) is 0 Å². The van der Waals surface area contributed by atoms with Crippen molar-refractivity contribution in [2.24, 2.45) is 0 Å². The van der Waals surface area contributed by atoms with Crippen LogP contribution in [0, 0.1) is 5.82 Å². The lowest BCUT2D eigenvalue weighted by Crippen LogP contribution is -2.10. The summed E-state index contributed by atoms with van der Waals surface area (Å²) in [6.45, 7) is 0. The highest BCUT2D eigenvalue weighted by Gasteiger charge is 2.34. The van der Waals surface area contributed by atoms with Crippen LogP contribution in [0.1, 0.15) is 16.1 Å². The Labute approximate surface area is 133 Å². The van der Waals surface area contributed by atoms with E-state index in [2.05, 4.69) is 10.1 Å². The van der Waals surface area contributed by atoms with E-state index in [-0.39, 0.29) is 11.4 Å². The quantitative estimate of drug-likeness (QED) is 0.539. The van der Waals surface area contributed by atoms with Gasteiger partial charge in [0.05, 0.1) is 16.9 Å². The molecule has 4 nitrogen and oxygen atoms in total. The van der Waals surface area contributed by atoms with E-state index < -0.39 is 17.6 Å². The van der Waals surface area contributed by atoms with Crippen LogP contribution < -0.4 is 0 Å². The van der Waals surface area contributed by atoms with E-state index in [9.17, 15) is 22.4 Å². The Balaban J connectivity index is 2.20. The number of alkyl halides is 3. The molecule has 0 fully saturated rings. The molecule has 1 aromatic carbocycles. The van der Waals surface area contributed by atoms with Crippen LogP contribution in [0.5, 0.6) is 0 Å². The molecule has 122 valence electrons. The van der Waals surface area contributed by atoms with Gasteiger partial charge in [0.2, 0.25) is 0 Å². The van der Waals surface area contributed by atoms with Gasteiger partial charge in [0.25, 0.3) is 0 Å². The Hall–Kier alpha value is -3.03. The van der Waals surface area contributed by atoms with Gasteiger partial charge in [-0.25, -0.2) is 9.07 Å². The highest BCUT2D eigenvalue weighted by Crippen LogP contribution is 2.33. The van der Waals surface area contributed by atoms with Crippen molar-refractivity contribution >= 4 is 6.29 Å². The molecule has 2 aromatic heterocycles. The maximum atomic E-state index is 13.5. The van der Waals surface area contributed by atoms with Crippen LogP contribution in [0.2, 0.25) is 0 Å². The van der Waals surface area contributed by atoms with Gasteiger partial charge in [0.15, 0.2) is 6.29 Å². The molecule has 0 N–H and O–H groups in total. The van der Waals surface area contributed by atoms with Crippen molar-refractivity contribution < 1.29 is 22.4 Å². The Kier molecular flexibility index (Phi) is 3.88. The smallest absolute Gasteiger partial charge is 0.296 e. The number of hydrogen-bond donors (Lipinski definition) is 0. The number of hydrogen-bond acceptors (Lipinski definition) is 3. The number of carbonyl (C=O) groups excluding carboxylic acids is 1. The zero-order valence-electron chi connectivity index (χ0n) is 12.0. The van der Waals surface area contributed by atoms with Gasteiger partial charge in [-0.1, -0.05) is 0 Å². The number of halogens is 4. The normalized spacial score (nSPS) is 11.5. The first-order valence-electron chi connectivity index (χ1n) is 6.73. The van der Waals surface area contributed by atoms with E-state index in [1.54, 1.807) is 12.1 Å². The maximum absolute atomic E-state index is 13.5. The van der Waals surface area contributed by atoms with Gasteiger partial charge in [0.1, 0.15) is 11.5 Å². The topological polar surface area (TPSA) is 47.8 Å². The van der Waals surface area contributed by atoms with E-state index in [0.717, 1.165) is 10.7 Å². The van der Waals surface area contributed by atoms with Gasteiger partial charge in [-0.2, -0.15) is 18.3 Å². The molecule has 2 heterocycles. The fourth-order valence-electron chi connectivity index (χ4n) is 2.24. The standard InChI is InChI=1S/C16H9F4N3O/c17-14-4-3-12(7-13(14)16(18,19)20)23-15(6-11(9-24)22-23)10-2-1-5-21-8-10/h1-9H. The summed E-state index contributed by atoms with van der Waals surface area (Å²) in [4.78, 5) is 14.9. The van der Waals surface area contributed by atoms with Crippen molar-refractivity contribution in [2.45, 2.75) is 6.18 Å². The van der Waals surface area contributed by atoms with Crippen molar-refractivity contribution in [3.8, 4) is 16.9 Å². The molecular weight excluding hydrogens is 326 g/mol. The van der Waals surface area contributed by atoms with Crippen LogP contribution in [-0.2, 0) is 6.18 Å². The molecule has 0 radical (unpaired) electrons. The van der Waals surface area contributed by atoms with E-state index in [4.69, 9.17) is 0 Å². The molecule has 0 saturated heterocycles. The first-order chi connectivity index (χ1) is 11.4. The van der Waals surface area contributed by atoms with Crippen LogP contribution in [0.25, 0.3) is 16.9 Å². The zero-order chi connectivity index (χ0) is 17.3. The molecule has 8 heteroatoms. The second-order valence-electron chi connectivity index (χ2n) is 4.89. The Morgan fingerprint density at radius 1 is 1.12 bits per heavy atom. The first kappa shape index (κ1) is 15.9. The predicted molar refractivity (Wildman–Crippen MR) is 77.1 cm³/mol. The molecule has 0 spiro atoms. The van der Waals surface area contributed by atoms with Crippen LogP contribution >= 0.6 is 0 Å². The summed E-state index contributed by atoms with van der Waals surface area (Å²) < 4.78 is 53.3. The first-order valence-corrected chi connectivity index (χ1v) is 6.73. The largest absolute Gasteiger partial charge is 0.419 e. The summed E-state index contributed by atoms with van der Waals surface area (Å²) in [5.41, 5.74) is -0.469. The Morgan fingerprint density at radius 2 is 1.92 bits per heavy atom. The maximum Gasteiger partial charge on any atom is 0.419 e. The number of rotatable bonds is 3. The van der Waals surface area contributed by atoms with Gasteiger partial charge in [-0.3, -0.25) is 9.78 Å². The molecule has 0 aliphatic heterocycles. The molecule has 0 saturated carbocycles. The van der Waals surface area contributed by atoms with Gasteiger partial charge < -0.3 is 0 Å². The Bertz CT molecular complexity index is 888. The zero-order valence-corrected chi connectivity index (χ0v) is 12.0. The minimum atomic E-state index is -4.84. The van der Waals surface area contributed by atoms with Gasteiger partial charge in [0, 0.05) is 18.0 Å². The SMILES string of the molecule is O=Cc1cc(-c2cccnc2)n(-c2ccc(F)c(C(F)(F)F)c2)n1. The highest BCUT2D eigenvalue weighted by molar-refractivity contribution is 5.76. The minimum Gasteiger partial charge on any atom is -0.296 e.